The fourth-order valence-electron chi connectivity index (χ4n) is 0.575. The maximum atomic E-state index is 5.78. The Bertz CT molecular complexity index is 88.5. The third-order valence-electron chi connectivity index (χ3n) is 1.15. The Labute approximate surface area is 54.3 Å². The molecule has 1 nitrogen and oxygen atoms in total. The first-order chi connectivity index (χ1) is 3.84. The van der Waals surface area contributed by atoms with Crippen LogP contribution in [0.5, 0.6) is 0 Å². The standard InChI is InChI=1S/C6H9ClO/c1-2-3-5(7)6-4-8-6/h2,5-6H,1,3-4H2. The van der Waals surface area contributed by atoms with Crippen LogP contribution >= 0.6 is 11.6 Å². The Morgan fingerprint density at radius 3 is 3.00 bits per heavy atom. The maximum Gasteiger partial charge on any atom is 0.0976 e. The minimum Gasteiger partial charge on any atom is -0.372 e. The van der Waals surface area contributed by atoms with Gasteiger partial charge in [-0.25, -0.2) is 0 Å². The van der Waals surface area contributed by atoms with Gasteiger partial charge in [0.2, 0.25) is 0 Å². The van der Waals surface area contributed by atoms with Crippen molar-refractivity contribution in [2.75, 3.05) is 6.61 Å². The first-order valence-electron chi connectivity index (χ1n) is 2.71. The zero-order valence-corrected chi connectivity index (χ0v) is 5.40. The van der Waals surface area contributed by atoms with Gasteiger partial charge in [-0.05, 0) is 6.42 Å². The van der Waals surface area contributed by atoms with Crippen LogP contribution in [-0.2, 0) is 4.74 Å². The number of alkyl halides is 1. The maximum absolute atomic E-state index is 5.78. The quantitative estimate of drug-likeness (QED) is 0.323. The third-order valence-corrected chi connectivity index (χ3v) is 1.61. The van der Waals surface area contributed by atoms with Gasteiger partial charge in [0.1, 0.15) is 0 Å². The van der Waals surface area contributed by atoms with Crippen LogP contribution in [0.2, 0.25) is 0 Å². The van der Waals surface area contributed by atoms with Crippen molar-refractivity contribution in [2.24, 2.45) is 0 Å². The van der Waals surface area contributed by atoms with Gasteiger partial charge >= 0.3 is 0 Å². The molecule has 1 aliphatic rings. The van der Waals surface area contributed by atoms with E-state index in [1.807, 2.05) is 6.08 Å². The third kappa shape index (κ3) is 1.49. The van der Waals surface area contributed by atoms with E-state index in [1.165, 1.54) is 0 Å². The van der Waals surface area contributed by atoms with Gasteiger partial charge in [0.05, 0.1) is 18.1 Å². The number of ether oxygens (including phenoxy) is 1. The van der Waals surface area contributed by atoms with E-state index in [-0.39, 0.29) is 5.38 Å². The molecule has 46 valence electrons. The van der Waals surface area contributed by atoms with Crippen molar-refractivity contribution in [3.8, 4) is 0 Å². The summed E-state index contributed by atoms with van der Waals surface area (Å²) in [5.74, 6) is 0. The van der Waals surface area contributed by atoms with E-state index < -0.39 is 0 Å². The fraction of sp³-hybridized carbons (Fsp3) is 0.667. The summed E-state index contributed by atoms with van der Waals surface area (Å²) in [4.78, 5) is 0. The molecular weight excluding hydrogens is 124 g/mol. The monoisotopic (exact) mass is 132 g/mol. The van der Waals surface area contributed by atoms with Gasteiger partial charge in [0, 0.05) is 0 Å². The highest BCUT2D eigenvalue weighted by Crippen LogP contribution is 2.21. The van der Waals surface area contributed by atoms with Crippen LogP contribution in [0.4, 0.5) is 0 Å². The van der Waals surface area contributed by atoms with Crippen LogP contribution in [0.15, 0.2) is 12.7 Å². The van der Waals surface area contributed by atoms with Crippen molar-refractivity contribution < 1.29 is 4.74 Å². The molecule has 1 heterocycles. The summed E-state index contributed by atoms with van der Waals surface area (Å²) in [6, 6.07) is 0. The van der Waals surface area contributed by atoms with E-state index in [1.54, 1.807) is 0 Å². The molecule has 0 aromatic carbocycles. The van der Waals surface area contributed by atoms with Gasteiger partial charge in [-0.15, -0.1) is 18.2 Å². The van der Waals surface area contributed by atoms with Crippen LogP contribution in [0.3, 0.4) is 0 Å². The Kier molecular flexibility index (Phi) is 1.92. The Morgan fingerprint density at radius 2 is 2.62 bits per heavy atom. The SMILES string of the molecule is C=CCC(Cl)C1CO1. The summed E-state index contributed by atoms with van der Waals surface area (Å²) in [5, 5.41) is 0.160. The van der Waals surface area contributed by atoms with Gasteiger partial charge in [0.25, 0.3) is 0 Å². The van der Waals surface area contributed by atoms with Gasteiger partial charge < -0.3 is 4.74 Å². The van der Waals surface area contributed by atoms with Crippen LogP contribution in [0.25, 0.3) is 0 Å². The second kappa shape index (κ2) is 2.51. The number of rotatable bonds is 3. The molecule has 2 unspecified atom stereocenters. The summed E-state index contributed by atoms with van der Waals surface area (Å²) >= 11 is 5.78. The predicted molar refractivity (Wildman–Crippen MR) is 34.2 cm³/mol. The Morgan fingerprint density at radius 1 is 2.00 bits per heavy atom. The highest BCUT2D eigenvalue weighted by atomic mass is 35.5. The smallest absolute Gasteiger partial charge is 0.0976 e. The molecule has 2 atom stereocenters. The molecule has 0 bridgehead atoms. The summed E-state index contributed by atoms with van der Waals surface area (Å²) < 4.78 is 4.94. The number of hydrogen-bond acceptors (Lipinski definition) is 1. The van der Waals surface area contributed by atoms with Crippen molar-refractivity contribution in [1.29, 1.82) is 0 Å². The topological polar surface area (TPSA) is 12.5 Å². The van der Waals surface area contributed by atoms with Crippen molar-refractivity contribution >= 4 is 11.6 Å². The summed E-state index contributed by atoms with van der Waals surface area (Å²) in [6.07, 6.45) is 2.99. The normalized spacial score (nSPS) is 29.4. The first-order valence-corrected chi connectivity index (χ1v) is 3.15. The van der Waals surface area contributed by atoms with E-state index in [9.17, 15) is 0 Å². The molecule has 0 spiro atoms. The molecule has 0 aromatic heterocycles. The average Bonchev–Trinajstić information content (AvgIpc) is 2.45. The van der Waals surface area contributed by atoms with E-state index in [4.69, 9.17) is 16.3 Å². The average molecular weight is 133 g/mol. The molecule has 1 saturated heterocycles. The van der Waals surface area contributed by atoms with Gasteiger partial charge in [-0.2, -0.15) is 0 Å². The van der Waals surface area contributed by atoms with E-state index in [2.05, 4.69) is 6.58 Å². The molecule has 8 heavy (non-hydrogen) atoms. The number of epoxide rings is 1. The Hall–Kier alpha value is -0.0100. The van der Waals surface area contributed by atoms with Crippen LogP contribution < -0.4 is 0 Å². The lowest BCUT2D eigenvalue weighted by molar-refractivity contribution is 0.401. The highest BCUT2D eigenvalue weighted by Gasteiger charge is 2.29. The molecule has 1 fully saturated rings. The molecular formula is C6H9ClO. The van der Waals surface area contributed by atoms with Gasteiger partial charge in [0.15, 0.2) is 0 Å². The predicted octanol–water partition coefficient (Wildman–Crippen LogP) is 1.57. The van der Waals surface area contributed by atoms with E-state index in [0.29, 0.717) is 6.10 Å². The van der Waals surface area contributed by atoms with Crippen molar-refractivity contribution in [3.63, 3.8) is 0 Å². The first kappa shape index (κ1) is 6.12. The molecule has 0 aliphatic carbocycles. The Balaban J connectivity index is 2.12. The fourth-order valence-corrected chi connectivity index (χ4v) is 0.847. The van der Waals surface area contributed by atoms with Gasteiger partial charge in [-0.3, -0.25) is 0 Å². The summed E-state index contributed by atoms with van der Waals surface area (Å²) in [6.45, 7) is 4.41. The lowest BCUT2D eigenvalue weighted by Crippen LogP contribution is -2.04. The largest absolute Gasteiger partial charge is 0.372 e. The summed E-state index contributed by atoms with van der Waals surface area (Å²) in [7, 11) is 0. The molecule has 0 radical (unpaired) electrons. The minimum atomic E-state index is 0.160. The number of hydrogen-bond donors (Lipinski definition) is 0. The lowest BCUT2D eigenvalue weighted by atomic mass is 10.2. The number of allylic oxidation sites excluding steroid dienone is 1. The molecule has 1 aliphatic heterocycles. The molecule has 0 aromatic rings. The molecule has 2 heteroatoms. The minimum absolute atomic E-state index is 0.160. The van der Waals surface area contributed by atoms with Crippen LogP contribution in [-0.4, -0.2) is 18.1 Å². The summed E-state index contributed by atoms with van der Waals surface area (Å²) in [5.41, 5.74) is 0. The van der Waals surface area contributed by atoms with Crippen LogP contribution in [0.1, 0.15) is 6.42 Å². The zero-order valence-electron chi connectivity index (χ0n) is 4.64. The lowest BCUT2D eigenvalue weighted by Gasteiger charge is -1.97. The van der Waals surface area contributed by atoms with Crippen LogP contribution in [0, 0.1) is 0 Å². The molecule has 0 N–H and O–H groups in total. The molecule has 0 saturated carbocycles. The second-order valence-corrected chi connectivity index (χ2v) is 2.47. The number of halogens is 1. The van der Waals surface area contributed by atoms with Crippen molar-refractivity contribution in [3.05, 3.63) is 12.7 Å². The molecule has 0 amide bonds. The van der Waals surface area contributed by atoms with E-state index in [0.717, 1.165) is 13.0 Å². The zero-order chi connectivity index (χ0) is 5.98. The van der Waals surface area contributed by atoms with E-state index >= 15 is 0 Å². The van der Waals surface area contributed by atoms with Gasteiger partial charge in [-0.1, -0.05) is 6.08 Å². The molecule has 1 rings (SSSR count). The second-order valence-electron chi connectivity index (χ2n) is 1.91. The highest BCUT2D eigenvalue weighted by molar-refractivity contribution is 6.21. The van der Waals surface area contributed by atoms with Crippen molar-refractivity contribution in [2.45, 2.75) is 17.9 Å². The van der Waals surface area contributed by atoms with Crippen molar-refractivity contribution in [1.82, 2.24) is 0 Å².